The molecule has 2 aromatic rings. The molecule has 1 N–H and O–H groups in total. The zero-order valence-electron chi connectivity index (χ0n) is 13.3. The molecule has 0 radical (unpaired) electrons. The first kappa shape index (κ1) is 16.0. The molecular formula is C18H18N2O4. The van der Waals surface area contributed by atoms with Crippen LogP contribution in [0.2, 0.25) is 0 Å². The van der Waals surface area contributed by atoms with Gasteiger partial charge >= 0.3 is 5.97 Å². The molecule has 2 heterocycles. The maximum atomic E-state index is 12.6. The number of methoxy groups -OCH3 is 1. The highest BCUT2D eigenvalue weighted by Gasteiger charge is 2.40. The average Bonchev–Trinajstić information content (AvgIpc) is 3.07. The van der Waals surface area contributed by atoms with Gasteiger partial charge in [-0.2, -0.15) is 0 Å². The van der Waals surface area contributed by atoms with Gasteiger partial charge in [0, 0.05) is 31.4 Å². The van der Waals surface area contributed by atoms with E-state index >= 15 is 0 Å². The first-order valence-corrected chi connectivity index (χ1v) is 7.66. The molecule has 1 aliphatic rings. The van der Waals surface area contributed by atoms with Crippen molar-refractivity contribution < 1.29 is 19.4 Å². The summed E-state index contributed by atoms with van der Waals surface area (Å²) in [5.41, 5.74) is 1.33. The number of carbonyl (C=O) groups excluding carboxylic acids is 1. The summed E-state index contributed by atoms with van der Waals surface area (Å²) in [4.78, 5) is 29.8. The lowest BCUT2D eigenvalue weighted by Crippen LogP contribution is -2.29. The minimum absolute atomic E-state index is 0.185. The number of ether oxygens (including phenoxy) is 1. The van der Waals surface area contributed by atoms with Crippen molar-refractivity contribution in [2.45, 2.75) is 5.92 Å². The van der Waals surface area contributed by atoms with Crippen LogP contribution in [-0.2, 0) is 4.79 Å². The molecule has 1 fully saturated rings. The van der Waals surface area contributed by atoms with E-state index in [0.29, 0.717) is 17.9 Å². The zero-order chi connectivity index (χ0) is 17.1. The Hall–Kier alpha value is -2.89. The average molecular weight is 326 g/mol. The zero-order valence-corrected chi connectivity index (χ0v) is 13.3. The van der Waals surface area contributed by atoms with Crippen LogP contribution < -0.4 is 4.74 Å². The van der Waals surface area contributed by atoms with Crippen molar-refractivity contribution in [1.29, 1.82) is 0 Å². The van der Waals surface area contributed by atoms with E-state index < -0.39 is 11.9 Å². The Bertz CT molecular complexity index is 748. The molecule has 0 aliphatic carbocycles. The van der Waals surface area contributed by atoms with Crippen molar-refractivity contribution >= 4 is 11.9 Å². The number of benzene rings is 1. The third-order valence-electron chi connectivity index (χ3n) is 4.35. The van der Waals surface area contributed by atoms with Crippen LogP contribution in [-0.4, -0.2) is 47.1 Å². The molecule has 1 amide bonds. The van der Waals surface area contributed by atoms with Gasteiger partial charge in [-0.1, -0.05) is 12.1 Å². The molecule has 6 nitrogen and oxygen atoms in total. The van der Waals surface area contributed by atoms with Crippen LogP contribution >= 0.6 is 0 Å². The number of pyridine rings is 1. The van der Waals surface area contributed by atoms with Gasteiger partial charge in [-0.25, -0.2) is 0 Å². The van der Waals surface area contributed by atoms with Gasteiger partial charge in [0.25, 0.3) is 5.91 Å². The van der Waals surface area contributed by atoms with E-state index in [1.54, 1.807) is 30.3 Å². The maximum Gasteiger partial charge on any atom is 0.308 e. The molecule has 1 aromatic heterocycles. The van der Waals surface area contributed by atoms with Crippen LogP contribution in [0.5, 0.6) is 5.75 Å². The van der Waals surface area contributed by atoms with Gasteiger partial charge in [-0.15, -0.1) is 0 Å². The van der Waals surface area contributed by atoms with Gasteiger partial charge in [0.2, 0.25) is 0 Å². The van der Waals surface area contributed by atoms with Crippen LogP contribution in [0.15, 0.2) is 48.8 Å². The fourth-order valence-corrected chi connectivity index (χ4v) is 3.10. The Balaban J connectivity index is 1.87. The molecule has 6 heteroatoms. The number of amides is 1. The van der Waals surface area contributed by atoms with Gasteiger partial charge < -0.3 is 14.7 Å². The quantitative estimate of drug-likeness (QED) is 0.930. The molecular weight excluding hydrogens is 308 g/mol. The lowest BCUT2D eigenvalue weighted by molar-refractivity contribution is -0.141. The summed E-state index contributed by atoms with van der Waals surface area (Å²) in [5.74, 6) is -1.33. The Morgan fingerprint density at radius 1 is 1.25 bits per heavy atom. The van der Waals surface area contributed by atoms with Crippen molar-refractivity contribution in [3.8, 4) is 5.75 Å². The van der Waals surface area contributed by atoms with Crippen molar-refractivity contribution in [3.05, 3.63) is 59.9 Å². The van der Waals surface area contributed by atoms with Crippen LogP contribution in [0, 0.1) is 5.92 Å². The fourth-order valence-electron chi connectivity index (χ4n) is 3.10. The van der Waals surface area contributed by atoms with E-state index in [-0.39, 0.29) is 18.4 Å². The highest BCUT2D eigenvalue weighted by molar-refractivity contribution is 5.94. The highest BCUT2D eigenvalue weighted by Crippen LogP contribution is 2.35. The second-order valence-electron chi connectivity index (χ2n) is 5.78. The number of nitrogens with zero attached hydrogens (tertiary/aromatic N) is 2. The number of hydrogen-bond donors (Lipinski definition) is 1. The first-order valence-electron chi connectivity index (χ1n) is 7.66. The van der Waals surface area contributed by atoms with E-state index in [4.69, 9.17) is 4.74 Å². The predicted molar refractivity (Wildman–Crippen MR) is 87.0 cm³/mol. The second-order valence-corrected chi connectivity index (χ2v) is 5.78. The summed E-state index contributed by atoms with van der Waals surface area (Å²) >= 11 is 0. The van der Waals surface area contributed by atoms with Crippen molar-refractivity contribution in [2.75, 3.05) is 20.2 Å². The van der Waals surface area contributed by atoms with Crippen molar-refractivity contribution in [3.63, 3.8) is 0 Å². The monoisotopic (exact) mass is 326 g/mol. The second kappa shape index (κ2) is 6.70. The smallest absolute Gasteiger partial charge is 0.308 e. The van der Waals surface area contributed by atoms with Crippen LogP contribution in [0.1, 0.15) is 21.8 Å². The Kier molecular flexibility index (Phi) is 4.46. The third kappa shape index (κ3) is 3.08. The maximum absolute atomic E-state index is 12.6. The molecule has 24 heavy (non-hydrogen) atoms. The molecule has 0 unspecified atom stereocenters. The molecule has 3 rings (SSSR count). The summed E-state index contributed by atoms with van der Waals surface area (Å²) in [6.07, 6.45) is 3.09. The van der Waals surface area contributed by atoms with Gasteiger partial charge in [0.15, 0.2) is 0 Å². The topological polar surface area (TPSA) is 79.7 Å². The number of carboxylic acids is 1. The van der Waals surface area contributed by atoms with E-state index in [2.05, 4.69) is 4.98 Å². The van der Waals surface area contributed by atoms with Gasteiger partial charge in [-0.05, 0) is 29.8 Å². The first-order chi connectivity index (χ1) is 11.6. The minimum atomic E-state index is -0.899. The Morgan fingerprint density at radius 2 is 2.08 bits per heavy atom. The SMILES string of the molecule is COc1cccc([C@@H]2CN(C(=O)c3cccnc3)C[C@H]2C(=O)O)c1. The number of aliphatic carboxylic acids is 1. The molecule has 1 aliphatic heterocycles. The van der Waals surface area contributed by atoms with E-state index in [9.17, 15) is 14.7 Å². The molecule has 0 bridgehead atoms. The summed E-state index contributed by atoms with van der Waals surface area (Å²) in [7, 11) is 1.57. The van der Waals surface area contributed by atoms with E-state index in [1.165, 1.54) is 6.20 Å². The number of rotatable bonds is 4. The standard InChI is InChI=1S/C18H18N2O4/c1-24-14-6-2-4-12(8-14)15-10-20(11-16(15)18(22)23)17(21)13-5-3-7-19-9-13/h2-9,15-16H,10-11H2,1H3,(H,22,23)/t15-,16+/m0/s1. The normalized spacial score (nSPS) is 20.0. The summed E-state index contributed by atoms with van der Waals surface area (Å²) in [6, 6.07) is 10.7. The summed E-state index contributed by atoms with van der Waals surface area (Å²) in [6.45, 7) is 0.544. The molecule has 1 aromatic carbocycles. The third-order valence-corrected chi connectivity index (χ3v) is 4.35. The van der Waals surface area contributed by atoms with Crippen LogP contribution in [0.25, 0.3) is 0 Å². The summed E-state index contributed by atoms with van der Waals surface area (Å²) in [5, 5.41) is 9.56. The number of aromatic nitrogens is 1. The Morgan fingerprint density at radius 3 is 2.75 bits per heavy atom. The lowest BCUT2D eigenvalue weighted by Gasteiger charge is -2.17. The molecule has 1 saturated heterocycles. The molecule has 0 spiro atoms. The number of carbonyl (C=O) groups is 2. The number of hydrogen-bond acceptors (Lipinski definition) is 4. The molecule has 2 atom stereocenters. The van der Waals surface area contributed by atoms with Gasteiger partial charge in [0.05, 0.1) is 18.6 Å². The lowest BCUT2D eigenvalue weighted by atomic mass is 9.89. The minimum Gasteiger partial charge on any atom is -0.497 e. The predicted octanol–water partition coefficient (Wildman–Crippen LogP) is 2.03. The van der Waals surface area contributed by atoms with Crippen LogP contribution in [0.4, 0.5) is 0 Å². The van der Waals surface area contributed by atoms with Gasteiger partial charge in [0.1, 0.15) is 5.75 Å². The number of likely N-dealkylation sites (tertiary alicyclic amines) is 1. The largest absolute Gasteiger partial charge is 0.497 e. The van der Waals surface area contributed by atoms with E-state index in [1.807, 2.05) is 24.3 Å². The fraction of sp³-hybridized carbons (Fsp3) is 0.278. The molecule has 124 valence electrons. The number of carboxylic acid groups (broad SMARTS) is 1. The van der Waals surface area contributed by atoms with Crippen molar-refractivity contribution in [2.24, 2.45) is 5.92 Å². The van der Waals surface area contributed by atoms with Crippen LogP contribution in [0.3, 0.4) is 0 Å². The Labute approximate surface area is 139 Å². The molecule has 0 saturated carbocycles. The van der Waals surface area contributed by atoms with Gasteiger partial charge in [-0.3, -0.25) is 14.6 Å². The van der Waals surface area contributed by atoms with Crippen molar-refractivity contribution in [1.82, 2.24) is 9.88 Å². The summed E-state index contributed by atoms with van der Waals surface area (Å²) < 4.78 is 5.22. The van der Waals surface area contributed by atoms with E-state index in [0.717, 1.165) is 5.56 Å². The highest BCUT2D eigenvalue weighted by atomic mass is 16.5.